The third-order valence-corrected chi connectivity index (χ3v) is 4.26. The quantitative estimate of drug-likeness (QED) is 0.440. The average molecular weight is 393 g/mol. The smallest absolute Gasteiger partial charge is 0.274 e. The number of anilines is 1. The van der Waals surface area contributed by atoms with Crippen molar-refractivity contribution in [2.75, 3.05) is 12.4 Å². The van der Waals surface area contributed by atoms with Gasteiger partial charge in [0.25, 0.3) is 17.4 Å². The van der Waals surface area contributed by atoms with E-state index in [2.05, 4.69) is 5.32 Å². The van der Waals surface area contributed by atoms with Gasteiger partial charge in [0.15, 0.2) is 0 Å². The van der Waals surface area contributed by atoms with E-state index in [9.17, 15) is 14.4 Å². The zero-order valence-corrected chi connectivity index (χ0v) is 15.6. The van der Waals surface area contributed by atoms with E-state index in [0.717, 1.165) is 5.56 Å². The number of ether oxygens (including phenoxy) is 1. The number of hydrogen-bond acceptors (Lipinski definition) is 5. The zero-order valence-electron chi connectivity index (χ0n) is 15.6. The van der Waals surface area contributed by atoms with Crippen molar-refractivity contribution in [1.82, 2.24) is 10.0 Å². The van der Waals surface area contributed by atoms with Crippen LogP contribution in [0.4, 0.5) is 5.69 Å². The third-order valence-electron chi connectivity index (χ3n) is 4.26. The third kappa shape index (κ3) is 4.69. The second-order valence-electron chi connectivity index (χ2n) is 6.18. The number of hydrogen-bond donors (Lipinski definition) is 3. The molecule has 0 aliphatic rings. The molecule has 0 radical (unpaired) electrons. The maximum Gasteiger partial charge on any atom is 0.274 e. The fourth-order valence-corrected chi connectivity index (χ4v) is 2.76. The van der Waals surface area contributed by atoms with Gasteiger partial charge in [-0.1, -0.05) is 18.2 Å². The monoisotopic (exact) mass is 393 g/mol. The lowest BCUT2D eigenvalue weighted by Gasteiger charge is -2.10. The van der Waals surface area contributed by atoms with Crippen molar-refractivity contribution in [3.8, 4) is 5.75 Å². The number of aromatic nitrogens is 1. The van der Waals surface area contributed by atoms with Crippen molar-refractivity contribution in [2.45, 2.75) is 6.54 Å². The van der Waals surface area contributed by atoms with E-state index in [0.29, 0.717) is 11.4 Å². The molecule has 0 aliphatic carbocycles. The number of hydroxylamine groups is 1. The second kappa shape index (κ2) is 8.85. The van der Waals surface area contributed by atoms with Crippen LogP contribution in [0.25, 0.3) is 0 Å². The van der Waals surface area contributed by atoms with Crippen LogP contribution < -0.4 is 21.1 Å². The average Bonchev–Trinajstić information content (AvgIpc) is 2.75. The first-order chi connectivity index (χ1) is 14.0. The maximum absolute atomic E-state index is 12.7. The highest BCUT2D eigenvalue weighted by Gasteiger charge is 2.13. The number of amides is 2. The molecule has 3 rings (SSSR count). The van der Waals surface area contributed by atoms with Gasteiger partial charge in [0.1, 0.15) is 11.3 Å². The van der Waals surface area contributed by atoms with Crippen LogP contribution in [0.2, 0.25) is 0 Å². The lowest BCUT2D eigenvalue weighted by atomic mass is 10.1. The molecule has 0 unspecified atom stereocenters. The fourth-order valence-electron chi connectivity index (χ4n) is 2.76. The number of methoxy groups -OCH3 is 1. The number of carbonyl (C=O) groups is 2. The summed E-state index contributed by atoms with van der Waals surface area (Å²) in [6.45, 7) is 0.222. The number of nitrogens with one attached hydrogen (secondary N) is 2. The molecule has 0 saturated heterocycles. The van der Waals surface area contributed by atoms with Gasteiger partial charge in [-0.2, -0.15) is 0 Å². The lowest BCUT2D eigenvalue weighted by Crippen LogP contribution is -2.29. The maximum atomic E-state index is 12.7. The molecular formula is C21H19N3O5. The first-order valence-corrected chi connectivity index (χ1v) is 8.70. The number of carbonyl (C=O) groups excluding carboxylic acids is 2. The number of nitrogens with zero attached hydrogens (tertiary/aromatic N) is 1. The topological polar surface area (TPSA) is 110 Å². The van der Waals surface area contributed by atoms with Gasteiger partial charge in [-0.25, -0.2) is 5.48 Å². The van der Waals surface area contributed by atoms with Crippen LogP contribution in [0, 0.1) is 0 Å². The Hall–Kier alpha value is -3.91. The van der Waals surface area contributed by atoms with Crippen LogP contribution in [-0.2, 0) is 6.54 Å². The van der Waals surface area contributed by atoms with E-state index in [-0.39, 0.29) is 17.7 Å². The molecule has 0 bridgehead atoms. The largest absolute Gasteiger partial charge is 0.497 e. The molecule has 2 aromatic carbocycles. The fraction of sp³-hybridized carbons (Fsp3) is 0.0952. The van der Waals surface area contributed by atoms with Crippen molar-refractivity contribution in [2.24, 2.45) is 0 Å². The molecule has 0 fully saturated rings. The highest BCUT2D eigenvalue weighted by Crippen LogP contribution is 2.17. The normalized spacial score (nSPS) is 10.3. The van der Waals surface area contributed by atoms with E-state index >= 15 is 0 Å². The van der Waals surface area contributed by atoms with Crippen LogP contribution in [-0.4, -0.2) is 28.7 Å². The molecule has 3 aromatic rings. The molecule has 2 amide bonds. The van der Waals surface area contributed by atoms with Gasteiger partial charge in [-0.15, -0.1) is 0 Å². The summed E-state index contributed by atoms with van der Waals surface area (Å²) >= 11 is 0. The Balaban J connectivity index is 1.79. The minimum atomic E-state index is -0.620. The summed E-state index contributed by atoms with van der Waals surface area (Å²) in [5, 5.41) is 11.3. The summed E-state index contributed by atoms with van der Waals surface area (Å²) in [6.07, 6.45) is 1.58. The van der Waals surface area contributed by atoms with Crippen molar-refractivity contribution >= 4 is 17.5 Å². The van der Waals surface area contributed by atoms with Gasteiger partial charge < -0.3 is 14.6 Å². The van der Waals surface area contributed by atoms with Gasteiger partial charge >= 0.3 is 0 Å². The Labute approximate surface area is 166 Å². The highest BCUT2D eigenvalue weighted by molar-refractivity contribution is 6.04. The highest BCUT2D eigenvalue weighted by atomic mass is 16.5. The van der Waals surface area contributed by atoms with E-state index in [1.165, 1.54) is 29.9 Å². The number of benzene rings is 2. The minimum Gasteiger partial charge on any atom is -0.497 e. The van der Waals surface area contributed by atoms with E-state index in [1.54, 1.807) is 54.1 Å². The molecule has 0 saturated carbocycles. The summed E-state index contributed by atoms with van der Waals surface area (Å²) in [7, 11) is 1.53. The van der Waals surface area contributed by atoms with Gasteiger partial charge in [0.05, 0.1) is 13.7 Å². The summed E-state index contributed by atoms with van der Waals surface area (Å²) in [6, 6.07) is 16.3. The SMILES string of the molecule is COc1cccc(NC(=O)c2cccn(Cc3ccc(C(=O)NO)cc3)c2=O)c1. The molecule has 0 atom stereocenters. The molecule has 0 spiro atoms. The summed E-state index contributed by atoms with van der Waals surface area (Å²) < 4.78 is 6.53. The van der Waals surface area contributed by atoms with Crippen LogP contribution in [0.1, 0.15) is 26.3 Å². The Morgan fingerprint density at radius 3 is 2.48 bits per heavy atom. The van der Waals surface area contributed by atoms with E-state index in [1.807, 2.05) is 0 Å². The van der Waals surface area contributed by atoms with Gasteiger partial charge in [-0.05, 0) is 42.0 Å². The Bertz CT molecular complexity index is 1090. The van der Waals surface area contributed by atoms with Crippen LogP contribution >= 0.6 is 0 Å². The van der Waals surface area contributed by atoms with Gasteiger partial charge in [0, 0.05) is 23.5 Å². The molecule has 148 valence electrons. The van der Waals surface area contributed by atoms with Gasteiger partial charge in [-0.3, -0.25) is 19.6 Å². The van der Waals surface area contributed by atoms with Crippen molar-refractivity contribution < 1.29 is 19.5 Å². The van der Waals surface area contributed by atoms with Gasteiger partial charge in [0.2, 0.25) is 0 Å². The Morgan fingerprint density at radius 1 is 1.03 bits per heavy atom. The molecule has 0 aliphatic heterocycles. The molecule has 8 nitrogen and oxygen atoms in total. The summed E-state index contributed by atoms with van der Waals surface area (Å²) in [4.78, 5) is 36.7. The van der Waals surface area contributed by atoms with Crippen LogP contribution in [0.5, 0.6) is 5.75 Å². The number of pyridine rings is 1. The molecule has 29 heavy (non-hydrogen) atoms. The lowest BCUT2D eigenvalue weighted by molar-refractivity contribution is 0.0706. The van der Waals surface area contributed by atoms with Crippen LogP contribution in [0.15, 0.2) is 71.7 Å². The zero-order chi connectivity index (χ0) is 20.8. The summed E-state index contributed by atoms with van der Waals surface area (Å²) in [5.41, 5.74) is 2.69. The van der Waals surface area contributed by atoms with E-state index in [4.69, 9.17) is 9.94 Å². The first kappa shape index (κ1) is 19.8. The van der Waals surface area contributed by atoms with Crippen molar-refractivity contribution in [3.63, 3.8) is 0 Å². The predicted octanol–water partition coefficient (Wildman–Crippen LogP) is 2.28. The first-order valence-electron chi connectivity index (χ1n) is 8.70. The second-order valence-corrected chi connectivity index (χ2v) is 6.18. The standard InChI is InChI=1S/C21H19N3O5/c1-29-17-5-2-4-16(12-17)22-20(26)18-6-3-11-24(21(18)27)13-14-7-9-15(10-8-14)19(25)23-28/h2-12,28H,13H2,1H3,(H,22,26)(H,23,25). The van der Waals surface area contributed by atoms with Crippen molar-refractivity contribution in [3.05, 3.63) is 93.9 Å². The molecule has 1 heterocycles. The van der Waals surface area contributed by atoms with Crippen molar-refractivity contribution in [1.29, 1.82) is 0 Å². The number of rotatable bonds is 6. The summed E-state index contributed by atoms with van der Waals surface area (Å²) in [5.74, 6) is -0.552. The van der Waals surface area contributed by atoms with Crippen LogP contribution in [0.3, 0.4) is 0 Å². The predicted molar refractivity (Wildman–Crippen MR) is 106 cm³/mol. The molecule has 8 heteroatoms. The molecule has 1 aromatic heterocycles. The van der Waals surface area contributed by atoms with E-state index < -0.39 is 17.4 Å². The molecule has 3 N–H and O–H groups in total. The Morgan fingerprint density at radius 2 is 1.79 bits per heavy atom. The Kier molecular flexibility index (Phi) is 6.06. The minimum absolute atomic E-state index is 0.00611. The molecular weight excluding hydrogens is 374 g/mol.